The fraction of sp³-hybridized carbons (Fsp3) is 0.381. The van der Waals surface area contributed by atoms with Crippen LogP contribution in [0.4, 0.5) is 17.6 Å². The van der Waals surface area contributed by atoms with Gasteiger partial charge in [-0.2, -0.15) is 18.4 Å². The van der Waals surface area contributed by atoms with E-state index in [1.807, 2.05) is 6.07 Å². The summed E-state index contributed by atoms with van der Waals surface area (Å²) in [6.07, 6.45) is -3.44. The summed E-state index contributed by atoms with van der Waals surface area (Å²) < 4.78 is 79.8. The molecule has 1 saturated carbocycles. The fourth-order valence-corrected chi connectivity index (χ4v) is 4.41. The third-order valence-electron chi connectivity index (χ3n) is 5.17. The van der Waals surface area contributed by atoms with Crippen molar-refractivity contribution < 1.29 is 30.8 Å². The van der Waals surface area contributed by atoms with Crippen LogP contribution >= 0.6 is 0 Å². The highest BCUT2D eigenvalue weighted by Gasteiger charge is 2.47. The molecule has 1 aliphatic rings. The van der Waals surface area contributed by atoms with E-state index in [9.17, 15) is 36.0 Å². The number of alkyl halides is 3. The van der Waals surface area contributed by atoms with E-state index in [-0.39, 0.29) is 10.6 Å². The van der Waals surface area contributed by atoms with Crippen LogP contribution in [0.5, 0.6) is 0 Å². The predicted molar refractivity (Wildman–Crippen MR) is 109 cm³/mol. The van der Waals surface area contributed by atoms with Gasteiger partial charge in [0.2, 0.25) is 5.91 Å². The van der Waals surface area contributed by atoms with E-state index in [1.54, 1.807) is 0 Å². The Labute approximate surface area is 187 Å². The zero-order valence-corrected chi connectivity index (χ0v) is 18.0. The third-order valence-corrected chi connectivity index (χ3v) is 6.83. The van der Waals surface area contributed by atoms with Crippen molar-refractivity contribution in [3.8, 4) is 6.07 Å². The summed E-state index contributed by atoms with van der Waals surface area (Å²) in [6, 6.07) is 5.68. The molecule has 1 unspecified atom stereocenters. The number of nitrogens with one attached hydrogen (secondary N) is 2. The Morgan fingerprint density at radius 1 is 1.18 bits per heavy atom. The third kappa shape index (κ3) is 6.27. The Morgan fingerprint density at radius 3 is 2.36 bits per heavy atom. The second-order valence-corrected chi connectivity index (χ2v) is 9.76. The van der Waals surface area contributed by atoms with Crippen LogP contribution in [0.25, 0.3) is 0 Å². The summed E-state index contributed by atoms with van der Waals surface area (Å²) in [5.41, 5.74) is -1.52. The first-order valence-corrected chi connectivity index (χ1v) is 11.6. The molecule has 0 spiro atoms. The molecule has 1 fully saturated rings. The Hall–Kier alpha value is -3.04. The second-order valence-electron chi connectivity index (χ2n) is 7.70. The minimum absolute atomic E-state index is 0.272. The highest BCUT2D eigenvalue weighted by molar-refractivity contribution is 7.91. The van der Waals surface area contributed by atoms with Gasteiger partial charge in [0.15, 0.2) is 14.9 Å². The van der Waals surface area contributed by atoms with Gasteiger partial charge in [0.25, 0.3) is 0 Å². The lowest BCUT2D eigenvalue weighted by Gasteiger charge is -2.28. The van der Waals surface area contributed by atoms with Crippen molar-refractivity contribution in [3.63, 3.8) is 0 Å². The van der Waals surface area contributed by atoms with E-state index < -0.39 is 57.5 Å². The lowest BCUT2D eigenvalue weighted by molar-refractivity contribution is -0.161. The first-order chi connectivity index (χ1) is 15.5. The van der Waals surface area contributed by atoms with Gasteiger partial charge in [0.05, 0.1) is 17.9 Å². The van der Waals surface area contributed by atoms with Crippen LogP contribution in [0.3, 0.4) is 0 Å². The summed E-state index contributed by atoms with van der Waals surface area (Å²) in [7, 11) is -3.99. The van der Waals surface area contributed by atoms with Crippen molar-refractivity contribution in [2.45, 2.75) is 48.1 Å². The first kappa shape index (κ1) is 24.6. The van der Waals surface area contributed by atoms with Gasteiger partial charge in [-0.3, -0.25) is 10.1 Å². The summed E-state index contributed by atoms with van der Waals surface area (Å²) in [5.74, 6) is -2.33. The van der Waals surface area contributed by atoms with Gasteiger partial charge in [-0.15, -0.1) is 0 Å². The van der Waals surface area contributed by atoms with Crippen LogP contribution in [-0.2, 0) is 14.6 Å². The monoisotopic (exact) mass is 484 g/mol. The minimum Gasteiger partial charge on any atom is -0.336 e. The number of hydrogen-bond acceptors (Lipinski definition) is 6. The van der Waals surface area contributed by atoms with Gasteiger partial charge >= 0.3 is 6.18 Å². The zero-order valence-electron chi connectivity index (χ0n) is 17.1. The molecule has 3 rings (SSSR count). The Bertz CT molecular complexity index is 1130. The second kappa shape index (κ2) is 9.44. The Kier molecular flexibility index (Phi) is 7.04. The van der Waals surface area contributed by atoms with E-state index in [2.05, 4.69) is 15.6 Å². The quantitative estimate of drug-likeness (QED) is 0.530. The normalized spacial score (nSPS) is 16.9. The standard InChI is InChI=1S/C21H20F4N4O3S/c22-15-6-4-14(5-7-15)18(21(23,24)25)28-16(19(30)29-20(13-26)9-10-20)8-12-33(31,32)17-3-1-2-11-27-17/h1-7,11,16,18,28H,8-10,12H2,(H,29,30)/t16-,18?/m0/s1. The number of carbonyl (C=O) groups is 1. The number of aromatic nitrogens is 1. The maximum atomic E-state index is 13.8. The summed E-state index contributed by atoms with van der Waals surface area (Å²) in [5, 5.41) is 13.5. The highest BCUT2D eigenvalue weighted by atomic mass is 32.2. The Morgan fingerprint density at radius 2 is 1.85 bits per heavy atom. The molecule has 1 aromatic carbocycles. The number of carbonyl (C=O) groups excluding carboxylic acids is 1. The van der Waals surface area contributed by atoms with E-state index in [0.717, 1.165) is 24.3 Å². The van der Waals surface area contributed by atoms with Crippen molar-refractivity contribution in [2.75, 3.05) is 5.75 Å². The van der Waals surface area contributed by atoms with Gasteiger partial charge < -0.3 is 5.32 Å². The summed E-state index contributed by atoms with van der Waals surface area (Å²) in [6.45, 7) is 0. The lowest BCUT2D eigenvalue weighted by Crippen LogP contribution is -2.52. The molecule has 0 radical (unpaired) electrons. The van der Waals surface area contributed by atoms with Gasteiger partial charge in [-0.05, 0) is 49.1 Å². The van der Waals surface area contributed by atoms with Crippen molar-refractivity contribution in [1.82, 2.24) is 15.6 Å². The van der Waals surface area contributed by atoms with Gasteiger partial charge in [-0.1, -0.05) is 18.2 Å². The number of nitrogens with zero attached hydrogens (tertiary/aromatic N) is 2. The molecule has 7 nitrogen and oxygen atoms in total. The van der Waals surface area contributed by atoms with Crippen LogP contribution in [0.2, 0.25) is 0 Å². The van der Waals surface area contributed by atoms with E-state index in [4.69, 9.17) is 0 Å². The number of nitriles is 1. The molecular formula is C21H20F4N4O3S. The van der Waals surface area contributed by atoms with Gasteiger partial charge in [0, 0.05) is 6.20 Å². The van der Waals surface area contributed by atoms with Crippen molar-refractivity contribution in [3.05, 3.63) is 60.0 Å². The molecule has 0 bridgehead atoms. The van der Waals surface area contributed by atoms with Crippen LogP contribution in [0, 0.1) is 17.1 Å². The number of sulfone groups is 1. The van der Waals surface area contributed by atoms with Crippen LogP contribution in [-0.4, -0.2) is 42.8 Å². The molecule has 2 atom stereocenters. The van der Waals surface area contributed by atoms with E-state index >= 15 is 0 Å². The molecule has 2 aromatic rings. The molecular weight excluding hydrogens is 464 g/mol. The average molecular weight is 484 g/mol. The van der Waals surface area contributed by atoms with E-state index in [1.165, 1.54) is 24.4 Å². The van der Waals surface area contributed by atoms with Gasteiger partial charge in [0.1, 0.15) is 17.4 Å². The topological polar surface area (TPSA) is 112 Å². The molecule has 0 saturated heterocycles. The van der Waals surface area contributed by atoms with Crippen LogP contribution in [0.15, 0.2) is 53.7 Å². The maximum absolute atomic E-state index is 13.8. The van der Waals surface area contributed by atoms with Crippen molar-refractivity contribution >= 4 is 15.7 Å². The molecule has 1 aromatic heterocycles. The number of pyridine rings is 1. The Balaban J connectivity index is 1.86. The zero-order chi connectivity index (χ0) is 24.3. The molecule has 1 heterocycles. The summed E-state index contributed by atoms with van der Waals surface area (Å²) in [4.78, 5) is 16.5. The van der Waals surface area contributed by atoms with Gasteiger partial charge in [-0.25, -0.2) is 17.8 Å². The predicted octanol–water partition coefficient (Wildman–Crippen LogP) is 2.82. The summed E-state index contributed by atoms with van der Waals surface area (Å²) >= 11 is 0. The van der Waals surface area contributed by atoms with Crippen LogP contribution in [0.1, 0.15) is 30.9 Å². The SMILES string of the molecule is N#CC1(NC(=O)[C@H](CCS(=O)(=O)c2ccccn2)NC(c2ccc(F)cc2)C(F)(F)F)CC1. The van der Waals surface area contributed by atoms with Crippen LogP contribution < -0.4 is 10.6 Å². The molecule has 33 heavy (non-hydrogen) atoms. The van der Waals surface area contributed by atoms with Crippen molar-refractivity contribution in [1.29, 1.82) is 5.26 Å². The smallest absolute Gasteiger partial charge is 0.336 e. The average Bonchev–Trinajstić information content (AvgIpc) is 3.54. The molecule has 1 amide bonds. The number of amides is 1. The maximum Gasteiger partial charge on any atom is 0.407 e. The van der Waals surface area contributed by atoms with E-state index in [0.29, 0.717) is 12.8 Å². The number of hydrogen-bond donors (Lipinski definition) is 2. The number of benzene rings is 1. The highest BCUT2D eigenvalue weighted by Crippen LogP contribution is 2.36. The minimum atomic E-state index is -4.87. The molecule has 0 aliphatic heterocycles. The number of rotatable bonds is 9. The first-order valence-electron chi connectivity index (χ1n) is 9.91. The number of halogens is 4. The molecule has 1 aliphatic carbocycles. The largest absolute Gasteiger partial charge is 0.407 e. The lowest BCUT2D eigenvalue weighted by atomic mass is 10.0. The molecule has 176 valence electrons. The fourth-order valence-electron chi connectivity index (χ4n) is 3.15. The molecule has 12 heteroatoms. The van der Waals surface area contributed by atoms with Crippen molar-refractivity contribution in [2.24, 2.45) is 0 Å². The molecule has 2 N–H and O–H groups in total.